The first kappa shape index (κ1) is 14.8. The topological polar surface area (TPSA) is 41.1 Å². The van der Waals surface area contributed by atoms with Gasteiger partial charge in [-0.05, 0) is 31.7 Å². The van der Waals surface area contributed by atoms with Crippen LogP contribution in [0.25, 0.3) is 0 Å². The molecule has 1 aliphatic heterocycles. The molecule has 1 amide bonds. The van der Waals surface area contributed by atoms with Crippen molar-refractivity contribution in [3.63, 3.8) is 0 Å². The van der Waals surface area contributed by atoms with E-state index in [4.69, 9.17) is 0 Å². The molecule has 1 saturated carbocycles. The van der Waals surface area contributed by atoms with Gasteiger partial charge >= 0.3 is 0 Å². The van der Waals surface area contributed by atoms with Crippen molar-refractivity contribution in [3.05, 3.63) is 0 Å². The minimum Gasteiger partial charge on any atom is -0.352 e. The van der Waals surface area contributed by atoms with Crippen molar-refractivity contribution in [2.45, 2.75) is 57.4 Å². The summed E-state index contributed by atoms with van der Waals surface area (Å²) in [5.74, 6) is 1.17. The normalized spacial score (nSPS) is 24.6. The van der Waals surface area contributed by atoms with Crippen molar-refractivity contribution in [1.82, 2.24) is 10.6 Å². The Morgan fingerprint density at radius 3 is 2.65 bits per heavy atom. The number of hydrogen-bond acceptors (Lipinski definition) is 2. The lowest BCUT2D eigenvalue weighted by Crippen LogP contribution is -2.36. The lowest BCUT2D eigenvalue weighted by Gasteiger charge is -2.12. The van der Waals surface area contributed by atoms with Gasteiger partial charge in [0.1, 0.15) is 0 Å². The molecule has 1 heterocycles. The zero-order chi connectivity index (χ0) is 11.2. The van der Waals surface area contributed by atoms with Crippen LogP contribution in [0.2, 0.25) is 0 Å². The van der Waals surface area contributed by atoms with Crippen LogP contribution >= 0.6 is 12.4 Å². The van der Waals surface area contributed by atoms with Gasteiger partial charge in [-0.15, -0.1) is 12.4 Å². The molecule has 2 rings (SSSR count). The summed E-state index contributed by atoms with van der Waals surface area (Å²) in [6, 6.07) is 0.388. The van der Waals surface area contributed by atoms with Gasteiger partial charge in [0.05, 0.1) is 0 Å². The van der Waals surface area contributed by atoms with Gasteiger partial charge in [0.25, 0.3) is 0 Å². The predicted octanol–water partition coefficient (Wildman–Crippen LogP) is 2.25. The molecule has 17 heavy (non-hydrogen) atoms. The van der Waals surface area contributed by atoms with E-state index in [2.05, 4.69) is 10.6 Å². The Morgan fingerprint density at radius 1 is 1.24 bits per heavy atom. The largest absolute Gasteiger partial charge is 0.352 e. The van der Waals surface area contributed by atoms with Crippen LogP contribution in [0, 0.1) is 5.92 Å². The molecule has 1 unspecified atom stereocenters. The van der Waals surface area contributed by atoms with Crippen molar-refractivity contribution < 1.29 is 4.79 Å². The fourth-order valence-corrected chi connectivity index (χ4v) is 2.93. The molecule has 2 aliphatic rings. The van der Waals surface area contributed by atoms with Crippen LogP contribution in [0.1, 0.15) is 51.4 Å². The fraction of sp³-hybridized carbons (Fsp3) is 0.923. The number of hydrogen-bond donors (Lipinski definition) is 2. The summed E-state index contributed by atoms with van der Waals surface area (Å²) in [6.07, 6.45) is 9.77. The maximum absolute atomic E-state index is 11.6. The molecule has 4 heteroatoms. The SMILES string of the molecule is Cl.O=C(CCCC1CCCC1)NC1CCNC1. The minimum atomic E-state index is 0. The molecule has 0 radical (unpaired) electrons. The quantitative estimate of drug-likeness (QED) is 0.796. The Morgan fingerprint density at radius 2 is 2.00 bits per heavy atom. The number of rotatable bonds is 5. The zero-order valence-electron chi connectivity index (χ0n) is 10.5. The average Bonchev–Trinajstić information content (AvgIpc) is 2.90. The molecule has 0 spiro atoms. The van der Waals surface area contributed by atoms with Gasteiger partial charge < -0.3 is 10.6 Å². The molecule has 1 aliphatic carbocycles. The lowest BCUT2D eigenvalue weighted by atomic mass is 10.0. The Hall–Kier alpha value is -0.280. The maximum atomic E-state index is 11.6. The Labute approximate surface area is 111 Å². The molecule has 100 valence electrons. The summed E-state index contributed by atoms with van der Waals surface area (Å²) in [7, 11) is 0. The second-order valence-corrected chi connectivity index (χ2v) is 5.30. The van der Waals surface area contributed by atoms with E-state index in [-0.39, 0.29) is 18.3 Å². The highest BCUT2D eigenvalue weighted by atomic mass is 35.5. The standard InChI is InChI=1S/C13H24N2O.ClH/c16-13(15-12-8-9-14-10-12)7-3-6-11-4-1-2-5-11;/h11-12,14H,1-10H2,(H,15,16);1H. The molecule has 0 aromatic rings. The van der Waals surface area contributed by atoms with Crippen LogP contribution < -0.4 is 10.6 Å². The summed E-state index contributed by atoms with van der Waals surface area (Å²) in [4.78, 5) is 11.6. The average molecular weight is 261 g/mol. The summed E-state index contributed by atoms with van der Waals surface area (Å²) in [5.41, 5.74) is 0. The van der Waals surface area contributed by atoms with E-state index < -0.39 is 0 Å². The molecule has 0 aromatic carbocycles. The predicted molar refractivity (Wildman–Crippen MR) is 72.5 cm³/mol. The van der Waals surface area contributed by atoms with Crippen LogP contribution in [0.15, 0.2) is 0 Å². The van der Waals surface area contributed by atoms with Crippen LogP contribution in [0.4, 0.5) is 0 Å². The maximum Gasteiger partial charge on any atom is 0.220 e. The van der Waals surface area contributed by atoms with E-state index in [1.165, 1.54) is 32.1 Å². The molecular formula is C13H25ClN2O. The van der Waals surface area contributed by atoms with E-state index in [0.29, 0.717) is 6.04 Å². The van der Waals surface area contributed by atoms with Crippen LogP contribution in [0.3, 0.4) is 0 Å². The van der Waals surface area contributed by atoms with Crippen molar-refractivity contribution >= 4 is 18.3 Å². The molecule has 1 saturated heterocycles. The van der Waals surface area contributed by atoms with E-state index >= 15 is 0 Å². The van der Waals surface area contributed by atoms with E-state index in [1.54, 1.807) is 0 Å². The number of carbonyl (C=O) groups excluding carboxylic acids is 1. The highest BCUT2D eigenvalue weighted by Gasteiger charge is 2.17. The van der Waals surface area contributed by atoms with Crippen molar-refractivity contribution in [3.8, 4) is 0 Å². The Bertz CT molecular complexity index is 223. The monoisotopic (exact) mass is 260 g/mol. The van der Waals surface area contributed by atoms with Crippen molar-refractivity contribution in [2.24, 2.45) is 5.92 Å². The van der Waals surface area contributed by atoms with Gasteiger partial charge in [-0.1, -0.05) is 25.7 Å². The molecular weight excluding hydrogens is 236 g/mol. The summed E-state index contributed by atoms with van der Waals surface area (Å²) in [6.45, 7) is 2.00. The van der Waals surface area contributed by atoms with Gasteiger partial charge in [-0.25, -0.2) is 0 Å². The summed E-state index contributed by atoms with van der Waals surface area (Å²) < 4.78 is 0. The van der Waals surface area contributed by atoms with Crippen LogP contribution in [-0.4, -0.2) is 25.0 Å². The summed E-state index contributed by atoms with van der Waals surface area (Å²) in [5, 5.41) is 6.37. The molecule has 2 fully saturated rings. The van der Waals surface area contributed by atoms with Gasteiger partial charge in [-0.2, -0.15) is 0 Å². The first-order chi connectivity index (χ1) is 7.84. The molecule has 1 atom stereocenters. The highest BCUT2D eigenvalue weighted by Crippen LogP contribution is 2.28. The van der Waals surface area contributed by atoms with Gasteiger partial charge in [0, 0.05) is 19.0 Å². The minimum absolute atomic E-state index is 0. The third-order valence-corrected chi connectivity index (χ3v) is 3.92. The molecule has 3 nitrogen and oxygen atoms in total. The Balaban J connectivity index is 0.00000144. The van der Waals surface area contributed by atoms with E-state index in [1.807, 2.05) is 0 Å². The number of halogens is 1. The third-order valence-electron chi connectivity index (χ3n) is 3.92. The van der Waals surface area contributed by atoms with Crippen LogP contribution in [0.5, 0.6) is 0 Å². The van der Waals surface area contributed by atoms with Crippen LogP contribution in [-0.2, 0) is 4.79 Å². The lowest BCUT2D eigenvalue weighted by molar-refractivity contribution is -0.121. The zero-order valence-corrected chi connectivity index (χ0v) is 11.4. The molecule has 0 bridgehead atoms. The van der Waals surface area contributed by atoms with E-state index in [0.717, 1.165) is 38.3 Å². The molecule has 2 N–H and O–H groups in total. The van der Waals surface area contributed by atoms with Gasteiger partial charge in [0.15, 0.2) is 0 Å². The van der Waals surface area contributed by atoms with E-state index in [9.17, 15) is 4.79 Å². The number of nitrogens with one attached hydrogen (secondary N) is 2. The Kier molecular flexibility index (Phi) is 6.90. The molecule has 0 aromatic heterocycles. The fourth-order valence-electron chi connectivity index (χ4n) is 2.93. The highest BCUT2D eigenvalue weighted by molar-refractivity contribution is 5.85. The number of amides is 1. The first-order valence-electron chi connectivity index (χ1n) is 6.84. The van der Waals surface area contributed by atoms with Gasteiger partial charge in [0.2, 0.25) is 5.91 Å². The third kappa shape index (κ3) is 5.26. The summed E-state index contributed by atoms with van der Waals surface area (Å²) >= 11 is 0. The van der Waals surface area contributed by atoms with Gasteiger partial charge in [-0.3, -0.25) is 4.79 Å². The second-order valence-electron chi connectivity index (χ2n) is 5.30. The second kappa shape index (κ2) is 7.93. The first-order valence-corrected chi connectivity index (χ1v) is 6.84. The van der Waals surface area contributed by atoms with Crippen molar-refractivity contribution in [2.75, 3.05) is 13.1 Å². The smallest absolute Gasteiger partial charge is 0.220 e. The van der Waals surface area contributed by atoms with Crippen molar-refractivity contribution in [1.29, 1.82) is 0 Å². The number of carbonyl (C=O) groups is 1.